The maximum Gasteiger partial charge on any atom is 0.220 e. The first kappa shape index (κ1) is 71.8. The molecular weight excluding hydrogens is 927 g/mol. The summed E-state index contributed by atoms with van der Waals surface area (Å²) in [5.74, 6) is -0.103. The molecule has 0 aromatic rings. The number of carbonyl (C=O) groups is 1. The number of aliphatic hydroxyl groups is 2. The Labute approximate surface area is 470 Å². The fourth-order valence-electron chi connectivity index (χ4n) is 8.45. The lowest BCUT2D eigenvalue weighted by Crippen LogP contribution is -2.45. The quantitative estimate of drug-likeness (QED) is 0.0420. The second-order valence-electron chi connectivity index (χ2n) is 20.4. The third-order valence-electron chi connectivity index (χ3n) is 13.2. The Morgan fingerprint density at radius 3 is 0.921 bits per heavy atom. The van der Waals surface area contributed by atoms with Crippen molar-refractivity contribution in [2.45, 2.75) is 270 Å². The molecule has 4 heteroatoms. The minimum absolute atomic E-state index is 0.103. The molecular formula is C72H117NO3. The van der Waals surface area contributed by atoms with Crippen molar-refractivity contribution >= 4 is 5.91 Å². The zero-order valence-electron chi connectivity index (χ0n) is 49.2. The van der Waals surface area contributed by atoms with Crippen LogP contribution in [0.2, 0.25) is 0 Å². The third kappa shape index (κ3) is 60.6. The molecule has 0 aliphatic heterocycles. The Morgan fingerprint density at radius 2 is 0.592 bits per heavy atom. The molecule has 0 spiro atoms. The molecule has 0 heterocycles. The van der Waals surface area contributed by atoms with Crippen LogP contribution in [0, 0.1) is 0 Å². The van der Waals surface area contributed by atoms with Crippen LogP contribution in [0.3, 0.4) is 0 Å². The normalized spacial score (nSPS) is 14.0. The van der Waals surface area contributed by atoms with Crippen LogP contribution in [0.15, 0.2) is 170 Å². The van der Waals surface area contributed by atoms with Gasteiger partial charge in [-0.15, -0.1) is 0 Å². The molecule has 1 amide bonds. The molecule has 428 valence electrons. The number of hydrogen-bond donors (Lipinski definition) is 3. The van der Waals surface area contributed by atoms with Crippen LogP contribution >= 0.6 is 0 Å². The Hall–Kier alpha value is -4.25. The van der Waals surface area contributed by atoms with Crippen LogP contribution in [-0.2, 0) is 4.79 Å². The Balaban J connectivity index is 3.71. The first-order chi connectivity index (χ1) is 37.7. The van der Waals surface area contributed by atoms with E-state index >= 15 is 0 Å². The Kier molecular flexibility index (Phi) is 61.4. The third-order valence-corrected chi connectivity index (χ3v) is 13.2. The largest absolute Gasteiger partial charge is 0.394 e. The number of nitrogens with one attached hydrogen (secondary N) is 1. The van der Waals surface area contributed by atoms with Gasteiger partial charge in [-0.05, 0) is 128 Å². The van der Waals surface area contributed by atoms with Gasteiger partial charge in [0.15, 0.2) is 0 Å². The summed E-state index contributed by atoms with van der Waals surface area (Å²) in [6.45, 7) is 4.17. The van der Waals surface area contributed by atoms with Crippen LogP contribution in [-0.4, -0.2) is 34.9 Å². The molecule has 0 radical (unpaired) electrons. The van der Waals surface area contributed by atoms with Gasteiger partial charge in [0.05, 0.1) is 18.8 Å². The molecule has 0 aromatic heterocycles. The predicted octanol–water partition coefficient (Wildman–Crippen LogP) is 21.5. The molecule has 0 bridgehead atoms. The van der Waals surface area contributed by atoms with E-state index in [0.717, 1.165) is 128 Å². The van der Waals surface area contributed by atoms with Crippen molar-refractivity contribution in [2.24, 2.45) is 0 Å². The summed E-state index contributed by atoms with van der Waals surface area (Å²) < 4.78 is 0. The van der Waals surface area contributed by atoms with Gasteiger partial charge in [-0.3, -0.25) is 4.79 Å². The number of allylic oxidation sites excluding steroid dienone is 27. The highest BCUT2D eigenvalue weighted by Crippen LogP contribution is 2.15. The number of carbonyl (C=O) groups excluding carboxylic acids is 1. The molecule has 0 rings (SSSR count). The maximum absolute atomic E-state index is 12.5. The molecule has 2 unspecified atom stereocenters. The highest BCUT2D eigenvalue weighted by Gasteiger charge is 2.18. The highest BCUT2D eigenvalue weighted by atomic mass is 16.3. The summed E-state index contributed by atoms with van der Waals surface area (Å²) in [6.07, 6.45) is 105. The van der Waals surface area contributed by atoms with E-state index in [-0.39, 0.29) is 12.5 Å². The first-order valence-electron chi connectivity index (χ1n) is 31.3. The summed E-state index contributed by atoms with van der Waals surface area (Å²) in [5, 5.41) is 23.2. The second kappa shape index (κ2) is 65.0. The van der Waals surface area contributed by atoms with Crippen molar-refractivity contribution in [3.05, 3.63) is 170 Å². The van der Waals surface area contributed by atoms with E-state index in [9.17, 15) is 15.0 Å². The average Bonchev–Trinajstić information content (AvgIpc) is 3.42. The summed E-state index contributed by atoms with van der Waals surface area (Å²) in [5.41, 5.74) is 0. The van der Waals surface area contributed by atoms with Gasteiger partial charge in [-0.1, -0.05) is 293 Å². The summed E-state index contributed by atoms with van der Waals surface area (Å²) in [6, 6.07) is -0.671. The van der Waals surface area contributed by atoms with E-state index in [4.69, 9.17) is 0 Å². The molecule has 3 N–H and O–H groups in total. The zero-order chi connectivity index (χ0) is 54.8. The Morgan fingerprint density at radius 1 is 0.329 bits per heavy atom. The van der Waals surface area contributed by atoms with E-state index < -0.39 is 12.1 Å². The average molecular weight is 1040 g/mol. The smallest absolute Gasteiger partial charge is 0.220 e. The highest BCUT2D eigenvalue weighted by molar-refractivity contribution is 5.76. The second-order valence-corrected chi connectivity index (χ2v) is 20.4. The van der Waals surface area contributed by atoms with E-state index in [2.05, 4.69) is 177 Å². The van der Waals surface area contributed by atoms with Gasteiger partial charge in [0.2, 0.25) is 5.91 Å². The lowest BCUT2D eigenvalue weighted by atomic mass is 10.0. The Bertz CT molecular complexity index is 1660. The van der Waals surface area contributed by atoms with E-state index in [1.165, 1.54) is 109 Å². The van der Waals surface area contributed by atoms with Crippen LogP contribution in [0.1, 0.15) is 258 Å². The van der Waals surface area contributed by atoms with Crippen LogP contribution in [0.25, 0.3) is 0 Å². The van der Waals surface area contributed by atoms with Crippen molar-refractivity contribution in [3.8, 4) is 0 Å². The van der Waals surface area contributed by atoms with Gasteiger partial charge in [-0.2, -0.15) is 0 Å². The van der Waals surface area contributed by atoms with Gasteiger partial charge < -0.3 is 15.5 Å². The lowest BCUT2D eigenvalue weighted by molar-refractivity contribution is -0.123. The molecule has 0 aliphatic carbocycles. The summed E-state index contributed by atoms with van der Waals surface area (Å²) >= 11 is 0. The molecule has 76 heavy (non-hydrogen) atoms. The monoisotopic (exact) mass is 1040 g/mol. The lowest BCUT2D eigenvalue weighted by Gasteiger charge is -2.19. The molecule has 0 saturated carbocycles. The van der Waals surface area contributed by atoms with Crippen molar-refractivity contribution in [3.63, 3.8) is 0 Å². The minimum atomic E-state index is -0.893. The molecule has 0 saturated heterocycles. The van der Waals surface area contributed by atoms with Crippen LogP contribution in [0.4, 0.5) is 0 Å². The fourth-order valence-corrected chi connectivity index (χ4v) is 8.45. The van der Waals surface area contributed by atoms with Crippen molar-refractivity contribution in [2.75, 3.05) is 6.61 Å². The summed E-state index contributed by atoms with van der Waals surface area (Å²) in [7, 11) is 0. The van der Waals surface area contributed by atoms with Gasteiger partial charge in [0.1, 0.15) is 0 Å². The maximum atomic E-state index is 12.5. The van der Waals surface area contributed by atoms with Crippen molar-refractivity contribution < 1.29 is 15.0 Å². The van der Waals surface area contributed by atoms with Crippen LogP contribution < -0.4 is 5.32 Å². The van der Waals surface area contributed by atoms with Crippen molar-refractivity contribution in [1.82, 2.24) is 5.32 Å². The van der Waals surface area contributed by atoms with E-state index in [1.807, 2.05) is 6.08 Å². The standard InChI is InChI=1S/C72H117NO3/c1-3-5-7-9-11-13-15-17-19-21-23-25-27-29-30-31-32-33-34-35-36-37-38-39-40-41-42-44-46-48-50-52-54-56-58-60-62-64-66-68-72(76)73-70(69-74)71(75)67-65-63-61-59-57-55-53-51-49-47-45-43-28-26-24-22-20-18-16-14-12-10-8-6-4-2/h5,7,11,13,17,19,23,25,29-30,32-33,35-36,38-39,41-42,46,48-49,51-52,54,57,59,65,67,70-71,74-75H,3-4,6,8-10,12,14-16,18,20-22,24,26-28,31,34,37,40,43-45,47,50,53,55-56,58,60-64,66,68-69H2,1-2H3,(H,73,76)/b7-5-,13-11-,19-17-,25-23-,30-29-,33-32-,36-35-,39-38-,42-41-,48-46-,51-49+,54-52-,59-57+,67-65+. The van der Waals surface area contributed by atoms with E-state index in [1.54, 1.807) is 6.08 Å². The molecule has 0 aliphatic rings. The number of unbranched alkanes of at least 4 members (excludes halogenated alkanes) is 22. The van der Waals surface area contributed by atoms with Gasteiger partial charge >= 0.3 is 0 Å². The van der Waals surface area contributed by atoms with Gasteiger partial charge in [-0.25, -0.2) is 0 Å². The minimum Gasteiger partial charge on any atom is -0.394 e. The molecule has 4 nitrogen and oxygen atoms in total. The van der Waals surface area contributed by atoms with Gasteiger partial charge in [0.25, 0.3) is 0 Å². The van der Waals surface area contributed by atoms with Crippen LogP contribution in [0.5, 0.6) is 0 Å². The van der Waals surface area contributed by atoms with Gasteiger partial charge in [0, 0.05) is 6.42 Å². The first-order valence-corrected chi connectivity index (χ1v) is 31.3. The predicted molar refractivity (Wildman–Crippen MR) is 340 cm³/mol. The number of hydrogen-bond acceptors (Lipinski definition) is 3. The number of rotatable bonds is 55. The van der Waals surface area contributed by atoms with E-state index in [0.29, 0.717) is 6.42 Å². The molecule has 0 aromatic carbocycles. The summed E-state index contributed by atoms with van der Waals surface area (Å²) in [4.78, 5) is 12.5. The molecule has 0 fully saturated rings. The topological polar surface area (TPSA) is 69.6 Å². The fraction of sp³-hybridized carbons (Fsp3) is 0.597. The number of amides is 1. The van der Waals surface area contributed by atoms with Crippen molar-refractivity contribution in [1.29, 1.82) is 0 Å². The SMILES string of the molecule is CC/C=C\C/C=C\C/C=C\C/C=C\C/C=C\C/C=C\C/C=C\C/C=C\C/C=C\C/C=C\C/C=C\CCCCCCCC(=O)NC(CO)C(O)/C=C/CC/C=C/CC/C=C/CCCCCCCCCCCCCCCCC. The zero-order valence-corrected chi connectivity index (χ0v) is 49.2. The molecule has 2 atom stereocenters. The number of aliphatic hydroxyl groups excluding tert-OH is 2.